The van der Waals surface area contributed by atoms with E-state index in [4.69, 9.17) is 0 Å². The van der Waals surface area contributed by atoms with E-state index in [1.165, 1.54) is 0 Å². The lowest BCUT2D eigenvalue weighted by Gasteiger charge is -2.12. The molecule has 1 aromatic heterocycles. The third-order valence-corrected chi connectivity index (χ3v) is 2.32. The maximum atomic E-state index is 9.83. The molecule has 1 rings (SSSR count). The normalized spacial score (nSPS) is 13.9. The second-order valence-electron chi connectivity index (χ2n) is 4.72. The molecule has 0 radical (unpaired) electrons. The van der Waals surface area contributed by atoms with Crippen LogP contribution in [0, 0.1) is 11.8 Å². The van der Waals surface area contributed by atoms with E-state index < -0.39 is 0 Å². The van der Waals surface area contributed by atoms with Crippen LogP contribution in [-0.2, 0) is 6.54 Å². The first kappa shape index (κ1) is 11.3. The molecule has 1 heterocycles. The maximum absolute atomic E-state index is 9.83. The molecule has 1 unspecified atom stereocenters. The van der Waals surface area contributed by atoms with Crippen molar-refractivity contribution in [1.29, 1.82) is 0 Å². The van der Waals surface area contributed by atoms with Gasteiger partial charge in [-0.1, -0.05) is 27.7 Å². The predicted molar refractivity (Wildman–Crippen MR) is 59.1 cm³/mol. The largest absolute Gasteiger partial charge is 0.388 e. The summed E-state index contributed by atoms with van der Waals surface area (Å²) in [5, 5.41) is 9.83. The van der Waals surface area contributed by atoms with Crippen LogP contribution in [-0.4, -0.2) is 9.67 Å². The van der Waals surface area contributed by atoms with Crippen LogP contribution in [0.2, 0.25) is 0 Å². The zero-order chi connectivity index (χ0) is 10.7. The average Bonchev–Trinajstić information content (AvgIpc) is 2.50. The van der Waals surface area contributed by atoms with Crippen molar-refractivity contribution in [3.63, 3.8) is 0 Å². The highest BCUT2D eigenvalue weighted by molar-refractivity contribution is 5.14. The molecular formula is C12H21NO. The van der Waals surface area contributed by atoms with Crippen LogP contribution in [0.1, 0.15) is 39.4 Å². The summed E-state index contributed by atoms with van der Waals surface area (Å²) < 4.78 is 2.14. The predicted octanol–water partition coefficient (Wildman–Crippen LogP) is 2.83. The minimum absolute atomic E-state index is 0.282. The Balaban J connectivity index is 2.67. The highest BCUT2D eigenvalue weighted by Gasteiger charge is 2.12. The number of aromatic nitrogens is 1. The van der Waals surface area contributed by atoms with Crippen LogP contribution in [0.15, 0.2) is 18.5 Å². The minimum atomic E-state index is -0.330. The smallest absolute Gasteiger partial charge is 0.0827 e. The third kappa shape index (κ3) is 2.88. The Morgan fingerprint density at radius 2 is 1.93 bits per heavy atom. The van der Waals surface area contributed by atoms with Crippen molar-refractivity contribution in [2.75, 3.05) is 0 Å². The SMILES string of the molecule is CC(C)Cn1ccc(C(O)C(C)C)c1. The summed E-state index contributed by atoms with van der Waals surface area (Å²) in [5.74, 6) is 0.927. The third-order valence-electron chi connectivity index (χ3n) is 2.32. The summed E-state index contributed by atoms with van der Waals surface area (Å²) in [7, 11) is 0. The molecule has 2 heteroatoms. The summed E-state index contributed by atoms with van der Waals surface area (Å²) in [4.78, 5) is 0. The second-order valence-corrected chi connectivity index (χ2v) is 4.72. The van der Waals surface area contributed by atoms with Gasteiger partial charge in [-0.25, -0.2) is 0 Å². The molecule has 0 aliphatic carbocycles. The van der Waals surface area contributed by atoms with E-state index in [9.17, 15) is 5.11 Å². The number of hydrogen-bond acceptors (Lipinski definition) is 1. The van der Waals surface area contributed by atoms with E-state index in [1.54, 1.807) is 0 Å². The van der Waals surface area contributed by atoms with Crippen molar-refractivity contribution >= 4 is 0 Å². The van der Waals surface area contributed by atoms with Crippen LogP contribution < -0.4 is 0 Å². The van der Waals surface area contributed by atoms with Crippen molar-refractivity contribution in [1.82, 2.24) is 4.57 Å². The van der Waals surface area contributed by atoms with Crippen molar-refractivity contribution in [2.45, 2.75) is 40.3 Å². The minimum Gasteiger partial charge on any atom is -0.388 e. The molecule has 0 fully saturated rings. The van der Waals surface area contributed by atoms with Gasteiger partial charge >= 0.3 is 0 Å². The molecule has 80 valence electrons. The van der Waals surface area contributed by atoms with Crippen molar-refractivity contribution in [2.24, 2.45) is 11.8 Å². The Morgan fingerprint density at radius 1 is 1.29 bits per heavy atom. The van der Waals surface area contributed by atoms with E-state index in [0.717, 1.165) is 12.1 Å². The highest BCUT2D eigenvalue weighted by atomic mass is 16.3. The summed E-state index contributed by atoms with van der Waals surface area (Å²) in [6, 6.07) is 2.01. The van der Waals surface area contributed by atoms with Gasteiger partial charge in [0, 0.05) is 18.9 Å². The van der Waals surface area contributed by atoms with Gasteiger partial charge in [-0.2, -0.15) is 0 Å². The van der Waals surface area contributed by atoms with Gasteiger partial charge in [0.05, 0.1) is 6.10 Å². The van der Waals surface area contributed by atoms with Crippen molar-refractivity contribution in [3.8, 4) is 0 Å². The highest BCUT2D eigenvalue weighted by Crippen LogP contribution is 2.21. The van der Waals surface area contributed by atoms with Crippen LogP contribution in [0.5, 0.6) is 0 Å². The van der Waals surface area contributed by atoms with E-state index >= 15 is 0 Å². The summed E-state index contributed by atoms with van der Waals surface area (Å²) in [6.45, 7) is 9.47. The molecule has 0 saturated carbocycles. The van der Waals surface area contributed by atoms with Gasteiger partial charge in [-0.15, -0.1) is 0 Å². The van der Waals surface area contributed by atoms with Crippen LogP contribution >= 0.6 is 0 Å². The van der Waals surface area contributed by atoms with Crippen LogP contribution in [0.4, 0.5) is 0 Å². The lowest BCUT2D eigenvalue weighted by atomic mass is 10.0. The van der Waals surface area contributed by atoms with E-state index in [0.29, 0.717) is 5.92 Å². The zero-order valence-electron chi connectivity index (χ0n) is 9.57. The number of aliphatic hydroxyl groups excluding tert-OH is 1. The van der Waals surface area contributed by atoms with Gasteiger partial charge in [0.2, 0.25) is 0 Å². The second kappa shape index (κ2) is 4.65. The first-order valence-electron chi connectivity index (χ1n) is 5.34. The summed E-state index contributed by atoms with van der Waals surface area (Å²) in [6.07, 6.45) is 3.76. The van der Waals surface area contributed by atoms with E-state index in [2.05, 4.69) is 18.4 Å². The van der Waals surface area contributed by atoms with Crippen LogP contribution in [0.3, 0.4) is 0 Å². The number of hydrogen-bond donors (Lipinski definition) is 1. The molecule has 14 heavy (non-hydrogen) atoms. The van der Waals surface area contributed by atoms with Gasteiger partial charge in [-0.05, 0) is 23.5 Å². The van der Waals surface area contributed by atoms with Crippen LogP contribution in [0.25, 0.3) is 0 Å². The first-order chi connectivity index (χ1) is 6.50. The molecule has 0 aliphatic rings. The topological polar surface area (TPSA) is 25.2 Å². The fourth-order valence-electron chi connectivity index (χ4n) is 1.55. The van der Waals surface area contributed by atoms with Gasteiger partial charge in [0.25, 0.3) is 0 Å². The fourth-order valence-corrected chi connectivity index (χ4v) is 1.55. The van der Waals surface area contributed by atoms with Gasteiger partial charge in [-0.3, -0.25) is 0 Å². The monoisotopic (exact) mass is 195 g/mol. The summed E-state index contributed by atoms with van der Waals surface area (Å²) >= 11 is 0. The molecule has 1 N–H and O–H groups in total. The molecule has 0 saturated heterocycles. The lowest BCUT2D eigenvalue weighted by Crippen LogP contribution is -2.05. The summed E-state index contributed by atoms with van der Waals surface area (Å²) in [5.41, 5.74) is 1.03. The lowest BCUT2D eigenvalue weighted by molar-refractivity contribution is 0.127. The maximum Gasteiger partial charge on any atom is 0.0827 e. The number of rotatable bonds is 4. The van der Waals surface area contributed by atoms with Gasteiger partial charge in [0.1, 0.15) is 0 Å². The standard InChI is InChI=1S/C12H21NO/c1-9(2)7-13-6-5-11(8-13)12(14)10(3)4/h5-6,8-10,12,14H,7H2,1-4H3. The molecule has 0 aliphatic heterocycles. The van der Waals surface area contributed by atoms with Gasteiger partial charge < -0.3 is 9.67 Å². The Kier molecular flexibility index (Phi) is 3.76. The van der Waals surface area contributed by atoms with E-state index in [1.807, 2.05) is 32.3 Å². The molecule has 2 nitrogen and oxygen atoms in total. The molecular weight excluding hydrogens is 174 g/mol. The number of nitrogens with zero attached hydrogens (tertiary/aromatic N) is 1. The Bertz CT molecular complexity index is 276. The molecule has 0 spiro atoms. The van der Waals surface area contributed by atoms with E-state index in [-0.39, 0.29) is 12.0 Å². The zero-order valence-corrected chi connectivity index (χ0v) is 9.57. The van der Waals surface area contributed by atoms with Crippen molar-refractivity contribution in [3.05, 3.63) is 24.0 Å². The Hall–Kier alpha value is -0.760. The molecule has 1 atom stereocenters. The number of aliphatic hydroxyl groups is 1. The average molecular weight is 195 g/mol. The molecule has 0 amide bonds. The quantitative estimate of drug-likeness (QED) is 0.785. The fraction of sp³-hybridized carbons (Fsp3) is 0.667. The van der Waals surface area contributed by atoms with Gasteiger partial charge in [0.15, 0.2) is 0 Å². The molecule has 1 aromatic rings. The Labute approximate surface area is 86.6 Å². The molecule has 0 aromatic carbocycles. The Morgan fingerprint density at radius 3 is 2.43 bits per heavy atom. The molecule has 0 bridgehead atoms. The first-order valence-corrected chi connectivity index (χ1v) is 5.34. The van der Waals surface area contributed by atoms with Crippen molar-refractivity contribution < 1.29 is 5.11 Å².